The van der Waals surface area contributed by atoms with Crippen molar-refractivity contribution in [2.24, 2.45) is 11.8 Å². The van der Waals surface area contributed by atoms with Gasteiger partial charge in [-0.25, -0.2) is 0 Å². The van der Waals surface area contributed by atoms with Crippen LogP contribution in [0, 0.1) is 18.8 Å². The van der Waals surface area contributed by atoms with Crippen LogP contribution >= 0.6 is 0 Å². The highest BCUT2D eigenvalue weighted by Gasteiger charge is 2.25. The molecule has 4 nitrogen and oxygen atoms in total. The van der Waals surface area contributed by atoms with Gasteiger partial charge in [-0.15, -0.1) is 0 Å². The number of carbonyl (C=O) groups is 1. The zero-order valence-corrected chi connectivity index (χ0v) is 10.8. The van der Waals surface area contributed by atoms with E-state index in [-0.39, 0.29) is 12.5 Å². The van der Waals surface area contributed by atoms with Crippen molar-refractivity contribution in [1.29, 1.82) is 0 Å². The van der Waals surface area contributed by atoms with E-state index in [9.17, 15) is 9.90 Å². The summed E-state index contributed by atoms with van der Waals surface area (Å²) in [5.74, 6) is 1.31. The van der Waals surface area contributed by atoms with E-state index in [4.69, 9.17) is 4.42 Å². The van der Waals surface area contributed by atoms with E-state index in [1.54, 1.807) is 13.0 Å². The van der Waals surface area contributed by atoms with Crippen molar-refractivity contribution in [3.05, 3.63) is 23.7 Å². The number of hydrogen-bond donors (Lipinski definition) is 2. The summed E-state index contributed by atoms with van der Waals surface area (Å²) in [7, 11) is 0. The highest BCUT2D eigenvalue weighted by molar-refractivity contribution is 5.95. The average Bonchev–Trinajstić information content (AvgIpc) is 2.82. The Hall–Kier alpha value is -1.29. The fourth-order valence-corrected chi connectivity index (χ4v) is 2.73. The Kier molecular flexibility index (Phi) is 4.42. The van der Waals surface area contributed by atoms with Crippen molar-refractivity contribution < 1.29 is 14.3 Å². The van der Waals surface area contributed by atoms with Gasteiger partial charge in [0.2, 0.25) is 0 Å². The lowest BCUT2D eigenvalue weighted by atomic mass is 9.79. The molecule has 1 heterocycles. The molecule has 2 rings (SSSR count). The average molecular weight is 251 g/mol. The van der Waals surface area contributed by atoms with E-state index in [2.05, 4.69) is 5.32 Å². The van der Waals surface area contributed by atoms with E-state index in [0.717, 1.165) is 12.8 Å². The van der Waals surface area contributed by atoms with Crippen LogP contribution in [-0.4, -0.2) is 24.2 Å². The van der Waals surface area contributed by atoms with Crippen LogP contribution < -0.4 is 5.32 Å². The third-order valence-electron chi connectivity index (χ3n) is 3.93. The van der Waals surface area contributed by atoms with Gasteiger partial charge in [0, 0.05) is 13.2 Å². The Morgan fingerprint density at radius 2 is 2.17 bits per heavy atom. The predicted octanol–water partition coefficient (Wildman–Crippen LogP) is 2.12. The SMILES string of the molecule is Cc1occc1C(=O)NCC1CCCCC1CO. The minimum atomic E-state index is -0.0801. The standard InChI is InChI=1S/C14H21NO3/c1-10-13(6-7-18-10)14(17)15-8-11-4-2-3-5-12(11)9-16/h6-7,11-12,16H,2-5,8-9H2,1H3,(H,15,17). The van der Waals surface area contributed by atoms with E-state index in [0.29, 0.717) is 29.7 Å². The van der Waals surface area contributed by atoms with Crippen LogP contribution in [0.2, 0.25) is 0 Å². The molecule has 0 aliphatic heterocycles. The molecule has 100 valence electrons. The van der Waals surface area contributed by atoms with Crippen LogP contribution in [0.3, 0.4) is 0 Å². The maximum Gasteiger partial charge on any atom is 0.254 e. The molecule has 4 heteroatoms. The molecule has 1 amide bonds. The second kappa shape index (κ2) is 6.05. The smallest absolute Gasteiger partial charge is 0.254 e. The zero-order chi connectivity index (χ0) is 13.0. The first-order valence-corrected chi connectivity index (χ1v) is 6.65. The molecule has 1 saturated carbocycles. The van der Waals surface area contributed by atoms with Gasteiger partial charge in [0.15, 0.2) is 0 Å². The Balaban J connectivity index is 1.87. The summed E-state index contributed by atoms with van der Waals surface area (Å²) in [5, 5.41) is 12.3. The molecular weight excluding hydrogens is 230 g/mol. The van der Waals surface area contributed by atoms with Crippen molar-refractivity contribution in [2.45, 2.75) is 32.6 Å². The zero-order valence-electron chi connectivity index (χ0n) is 10.8. The molecule has 0 radical (unpaired) electrons. The quantitative estimate of drug-likeness (QED) is 0.861. The van der Waals surface area contributed by atoms with Gasteiger partial charge in [-0.3, -0.25) is 4.79 Å². The Morgan fingerprint density at radius 3 is 2.78 bits per heavy atom. The third-order valence-corrected chi connectivity index (χ3v) is 3.93. The van der Waals surface area contributed by atoms with E-state index in [1.165, 1.54) is 19.1 Å². The summed E-state index contributed by atoms with van der Waals surface area (Å²) >= 11 is 0. The summed E-state index contributed by atoms with van der Waals surface area (Å²) in [6.07, 6.45) is 6.08. The number of aliphatic hydroxyl groups excluding tert-OH is 1. The van der Waals surface area contributed by atoms with Crippen molar-refractivity contribution >= 4 is 5.91 Å². The van der Waals surface area contributed by atoms with E-state index in [1.807, 2.05) is 0 Å². The summed E-state index contributed by atoms with van der Waals surface area (Å²) in [6, 6.07) is 1.69. The first-order valence-electron chi connectivity index (χ1n) is 6.65. The summed E-state index contributed by atoms with van der Waals surface area (Å²) in [6.45, 7) is 2.66. The number of nitrogens with one attached hydrogen (secondary N) is 1. The van der Waals surface area contributed by atoms with Gasteiger partial charge in [0.25, 0.3) is 5.91 Å². The van der Waals surface area contributed by atoms with Crippen molar-refractivity contribution in [3.63, 3.8) is 0 Å². The van der Waals surface area contributed by atoms with Crippen LogP contribution in [0.15, 0.2) is 16.7 Å². The van der Waals surface area contributed by atoms with Crippen LogP contribution in [0.25, 0.3) is 0 Å². The molecule has 1 aromatic heterocycles. The molecule has 2 unspecified atom stereocenters. The van der Waals surface area contributed by atoms with Gasteiger partial charge >= 0.3 is 0 Å². The van der Waals surface area contributed by atoms with Gasteiger partial charge in [-0.2, -0.15) is 0 Å². The third kappa shape index (κ3) is 2.93. The summed E-state index contributed by atoms with van der Waals surface area (Å²) in [5.41, 5.74) is 0.603. The molecule has 1 aliphatic rings. The first kappa shape index (κ1) is 13.1. The monoisotopic (exact) mass is 251 g/mol. The highest BCUT2D eigenvalue weighted by atomic mass is 16.3. The van der Waals surface area contributed by atoms with Crippen molar-refractivity contribution in [2.75, 3.05) is 13.2 Å². The first-order chi connectivity index (χ1) is 8.72. The van der Waals surface area contributed by atoms with Crippen LogP contribution in [0.4, 0.5) is 0 Å². The molecule has 0 aromatic carbocycles. The van der Waals surface area contributed by atoms with Crippen LogP contribution in [-0.2, 0) is 0 Å². The largest absolute Gasteiger partial charge is 0.469 e. The number of aliphatic hydroxyl groups is 1. The second-order valence-electron chi connectivity index (χ2n) is 5.09. The fraction of sp³-hybridized carbons (Fsp3) is 0.643. The molecule has 0 saturated heterocycles. The van der Waals surface area contributed by atoms with Gasteiger partial charge in [-0.1, -0.05) is 12.8 Å². The molecular formula is C14H21NO3. The van der Waals surface area contributed by atoms with Gasteiger partial charge < -0.3 is 14.8 Å². The Bertz CT molecular complexity index is 399. The van der Waals surface area contributed by atoms with E-state index < -0.39 is 0 Å². The topological polar surface area (TPSA) is 62.5 Å². The number of amides is 1. The second-order valence-corrected chi connectivity index (χ2v) is 5.09. The fourth-order valence-electron chi connectivity index (χ4n) is 2.73. The number of hydrogen-bond acceptors (Lipinski definition) is 3. The molecule has 2 N–H and O–H groups in total. The van der Waals surface area contributed by atoms with Crippen molar-refractivity contribution in [3.8, 4) is 0 Å². The lowest BCUT2D eigenvalue weighted by Crippen LogP contribution is -2.35. The molecule has 1 aromatic rings. The van der Waals surface area contributed by atoms with Gasteiger partial charge in [0.1, 0.15) is 5.76 Å². The Morgan fingerprint density at radius 1 is 1.44 bits per heavy atom. The number of carbonyl (C=O) groups excluding carboxylic acids is 1. The lowest BCUT2D eigenvalue weighted by Gasteiger charge is -2.30. The molecule has 1 fully saturated rings. The summed E-state index contributed by atoms with van der Waals surface area (Å²) in [4.78, 5) is 11.9. The predicted molar refractivity (Wildman–Crippen MR) is 68.3 cm³/mol. The molecule has 1 aliphatic carbocycles. The Labute approximate surface area is 107 Å². The highest BCUT2D eigenvalue weighted by Crippen LogP contribution is 2.29. The maximum absolute atomic E-state index is 11.9. The minimum Gasteiger partial charge on any atom is -0.469 e. The number of furan rings is 1. The van der Waals surface area contributed by atoms with Crippen molar-refractivity contribution in [1.82, 2.24) is 5.32 Å². The molecule has 0 bridgehead atoms. The molecule has 0 spiro atoms. The molecule has 2 atom stereocenters. The van der Waals surface area contributed by atoms with Gasteiger partial charge in [-0.05, 0) is 37.7 Å². The molecule has 18 heavy (non-hydrogen) atoms. The van der Waals surface area contributed by atoms with Gasteiger partial charge in [0.05, 0.1) is 11.8 Å². The maximum atomic E-state index is 11.9. The number of rotatable bonds is 4. The lowest BCUT2D eigenvalue weighted by molar-refractivity contribution is 0.0908. The van der Waals surface area contributed by atoms with Crippen LogP contribution in [0.1, 0.15) is 41.8 Å². The number of aryl methyl sites for hydroxylation is 1. The normalized spacial score (nSPS) is 23.9. The van der Waals surface area contributed by atoms with E-state index >= 15 is 0 Å². The summed E-state index contributed by atoms with van der Waals surface area (Å²) < 4.78 is 5.12. The minimum absolute atomic E-state index is 0.0801. The van der Waals surface area contributed by atoms with Crippen LogP contribution in [0.5, 0.6) is 0 Å².